The lowest BCUT2D eigenvalue weighted by atomic mass is 10.2. The third-order valence-electron chi connectivity index (χ3n) is 2.71. The van der Waals surface area contributed by atoms with Crippen molar-refractivity contribution in [3.63, 3.8) is 0 Å². The molecular formula is C14H13F2N3O. The minimum atomic E-state index is -1.07. The Bertz CT molecular complexity index is 605. The molecule has 0 aliphatic carbocycles. The van der Waals surface area contributed by atoms with Gasteiger partial charge in [0.25, 0.3) is 0 Å². The van der Waals surface area contributed by atoms with Crippen LogP contribution in [0.5, 0.6) is 0 Å². The van der Waals surface area contributed by atoms with Gasteiger partial charge in [0, 0.05) is 26.0 Å². The van der Waals surface area contributed by atoms with Crippen molar-refractivity contribution < 1.29 is 13.6 Å². The number of aromatic nitrogens is 1. The average molecular weight is 277 g/mol. The summed E-state index contributed by atoms with van der Waals surface area (Å²) in [5.74, 6) is -2.07. The number of carbonyl (C=O) groups is 1. The van der Waals surface area contributed by atoms with Gasteiger partial charge in [-0.15, -0.1) is 0 Å². The van der Waals surface area contributed by atoms with Crippen LogP contribution >= 0.6 is 0 Å². The van der Waals surface area contributed by atoms with Crippen LogP contribution in [0.25, 0.3) is 0 Å². The molecule has 2 rings (SSSR count). The van der Waals surface area contributed by atoms with Crippen LogP contribution < -0.4 is 5.32 Å². The van der Waals surface area contributed by atoms with Crippen LogP contribution in [0.1, 0.15) is 5.56 Å². The van der Waals surface area contributed by atoms with E-state index in [0.29, 0.717) is 6.54 Å². The Balaban J connectivity index is 2.03. The molecule has 0 unspecified atom stereocenters. The Morgan fingerprint density at radius 3 is 2.65 bits per heavy atom. The maximum Gasteiger partial charge on any atom is 0.321 e. The Labute approximate surface area is 115 Å². The fourth-order valence-electron chi connectivity index (χ4n) is 1.64. The van der Waals surface area contributed by atoms with Gasteiger partial charge in [-0.1, -0.05) is 6.07 Å². The summed E-state index contributed by atoms with van der Waals surface area (Å²) in [7, 11) is 1.56. The van der Waals surface area contributed by atoms with Gasteiger partial charge in [-0.3, -0.25) is 4.98 Å². The third kappa shape index (κ3) is 3.28. The molecule has 104 valence electrons. The number of carbonyl (C=O) groups excluding carboxylic acids is 1. The van der Waals surface area contributed by atoms with Crippen LogP contribution in [-0.4, -0.2) is 23.0 Å². The molecule has 4 nitrogen and oxygen atoms in total. The quantitative estimate of drug-likeness (QED) is 0.937. The summed E-state index contributed by atoms with van der Waals surface area (Å²) in [6.07, 6.45) is 3.24. The Morgan fingerprint density at radius 2 is 1.95 bits per heavy atom. The molecule has 0 saturated heterocycles. The number of anilines is 1. The predicted molar refractivity (Wildman–Crippen MR) is 71.1 cm³/mol. The van der Waals surface area contributed by atoms with E-state index < -0.39 is 17.7 Å². The molecule has 0 fully saturated rings. The van der Waals surface area contributed by atoms with Crippen LogP contribution in [0.15, 0.2) is 42.7 Å². The molecule has 0 radical (unpaired) electrons. The van der Waals surface area contributed by atoms with E-state index in [2.05, 4.69) is 10.3 Å². The molecule has 0 spiro atoms. The van der Waals surface area contributed by atoms with Crippen LogP contribution in [0.2, 0.25) is 0 Å². The highest BCUT2D eigenvalue weighted by Gasteiger charge is 2.13. The smallest absolute Gasteiger partial charge is 0.321 e. The van der Waals surface area contributed by atoms with Crippen molar-refractivity contribution in [3.05, 3.63) is 59.9 Å². The molecule has 1 aromatic heterocycles. The highest BCUT2D eigenvalue weighted by molar-refractivity contribution is 5.89. The summed E-state index contributed by atoms with van der Waals surface area (Å²) in [6, 6.07) is 6.64. The van der Waals surface area contributed by atoms with Gasteiger partial charge in [0.05, 0.1) is 5.69 Å². The molecular weight excluding hydrogens is 264 g/mol. The zero-order chi connectivity index (χ0) is 14.5. The highest BCUT2D eigenvalue weighted by Crippen LogP contribution is 2.17. The van der Waals surface area contributed by atoms with Gasteiger partial charge in [-0.05, 0) is 29.8 Å². The van der Waals surface area contributed by atoms with E-state index in [1.54, 1.807) is 31.6 Å². The molecule has 0 aliphatic rings. The lowest BCUT2D eigenvalue weighted by Crippen LogP contribution is -2.31. The Kier molecular flexibility index (Phi) is 4.24. The molecule has 1 aromatic carbocycles. The number of hydrogen-bond acceptors (Lipinski definition) is 2. The summed E-state index contributed by atoms with van der Waals surface area (Å²) in [5, 5.41) is 2.33. The van der Waals surface area contributed by atoms with Gasteiger partial charge in [-0.25, -0.2) is 13.6 Å². The normalized spacial score (nSPS) is 10.2. The van der Waals surface area contributed by atoms with Crippen molar-refractivity contribution in [1.29, 1.82) is 0 Å². The minimum absolute atomic E-state index is 0.184. The number of benzene rings is 1. The number of rotatable bonds is 3. The fraction of sp³-hybridized carbons (Fsp3) is 0.143. The van der Waals surface area contributed by atoms with E-state index in [-0.39, 0.29) is 5.69 Å². The van der Waals surface area contributed by atoms with Crippen molar-refractivity contribution in [3.8, 4) is 0 Å². The molecule has 1 heterocycles. The average Bonchev–Trinajstić information content (AvgIpc) is 2.45. The molecule has 0 bridgehead atoms. The molecule has 1 N–H and O–H groups in total. The van der Waals surface area contributed by atoms with E-state index in [4.69, 9.17) is 0 Å². The standard InChI is InChI=1S/C14H13F2N3O/c1-19(9-10-5-7-17-8-6-10)14(20)18-12-4-2-3-11(15)13(12)16/h2-8H,9H2,1H3,(H,18,20). The van der Waals surface area contributed by atoms with Crippen molar-refractivity contribution in [2.45, 2.75) is 6.54 Å². The zero-order valence-electron chi connectivity index (χ0n) is 10.8. The first-order chi connectivity index (χ1) is 9.58. The second kappa shape index (κ2) is 6.10. The Morgan fingerprint density at radius 1 is 1.25 bits per heavy atom. The lowest BCUT2D eigenvalue weighted by molar-refractivity contribution is 0.220. The van der Waals surface area contributed by atoms with Gasteiger partial charge >= 0.3 is 6.03 Å². The predicted octanol–water partition coefficient (Wildman–Crippen LogP) is 3.02. The van der Waals surface area contributed by atoms with Gasteiger partial charge in [0.1, 0.15) is 0 Å². The summed E-state index contributed by atoms with van der Waals surface area (Å²) < 4.78 is 26.5. The molecule has 0 atom stereocenters. The number of urea groups is 1. The number of hydrogen-bond donors (Lipinski definition) is 1. The fourth-order valence-corrected chi connectivity index (χ4v) is 1.64. The van der Waals surface area contributed by atoms with Gasteiger partial charge in [0.15, 0.2) is 11.6 Å². The first-order valence-corrected chi connectivity index (χ1v) is 5.93. The summed E-state index contributed by atoms with van der Waals surface area (Å²) in [4.78, 5) is 17.1. The van der Waals surface area contributed by atoms with E-state index >= 15 is 0 Å². The summed E-state index contributed by atoms with van der Waals surface area (Å²) in [5.41, 5.74) is 0.703. The molecule has 20 heavy (non-hydrogen) atoms. The van der Waals surface area contributed by atoms with Crippen molar-refractivity contribution in [2.75, 3.05) is 12.4 Å². The van der Waals surface area contributed by atoms with Crippen molar-refractivity contribution in [1.82, 2.24) is 9.88 Å². The maximum absolute atomic E-state index is 13.4. The first-order valence-electron chi connectivity index (χ1n) is 5.93. The number of amides is 2. The molecule has 2 aromatic rings. The zero-order valence-corrected chi connectivity index (χ0v) is 10.8. The lowest BCUT2D eigenvalue weighted by Gasteiger charge is -2.18. The van der Waals surface area contributed by atoms with E-state index in [9.17, 15) is 13.6 Å². The van der Waals surface area contributed by atoms with Crippen molar-refractivity contribution >= 4 is 11.7 Å². The van der Waals surface area contributed by atoms with Gasteiger partial charge in [-0.2, -0.15) is 0 Å². The van der Waals surface area contributed by atoms with E-state index in [1.807, 2.05) is 0 Å². The van der Waals surface area contributed by atoms with Crippen LogP contribution in [-0.2, 0) is 6.54 Å². The minimum Gasteiger partial charge on any atom is -0.323 e. The van der Waals surface area contributed by atoms with E-state index in [0.717, 1.165) is 11.6 Å². The third-order valence-corrected chi connectivity index (χ3v) is 2.71. The maximum atomic E-state index is 13.4. The highest BCUT2D eigenvalue weighted by atomic mass is 19.2. The van der Waals surface area contributed by atoms with E-state index in [1.165, 1.54) is 17.0 Å². The summed E-state index contributed by atoms with van der Waals surface area (Å²) >= 11 is 0. The second-order valence-electron chi connectivity index (χ2n) is 4.24. The second-order valence-corrected chi connectivity index (χ2v) is 4.24. The molecule has 0 saturated carbocycles. The van der Waals surface area contributed by atoms with Crippen LogP contribution in [0.4, 0.5) is 19.3 Å². The van der Waals surface area contributed by atoms with Crippen LogP contribution in [0, 0.1) is 11.6 Å². The van der Waals surface area contributed by atoms with Crippen molar-refractivity contribution in [2.24, 2.45) is 0 Å². The number of halogens is 2. The largest absolute Gasteiger partial charge is 0.323 e. The molecule has 6 heteroatoms. The monoisotopic (exact) mass is 277 g/mol. The molecule has 2 amide bonds. The molecule has 0 aliphatic heterocycles. The van der Waals surface area contributed by atoms with Gasteiger partial charge in [0.2, 0.25) is 0 Å². The van der Waals surface area contributed by atoms with Gasteiger partial charge < -0.3 is 10.2 Å². The summed E-state index contributed by atoms with van der Waals surface area (Å²) in [6.45, 7) is 0.339. The number of nitrogens with one attached hydrogen (secondary N) is 1. The SMILES string of the molecule is CN(Cc1ccncc1)C(=O)Nc1cccc(F)c1F. The first kappa shape index (κ1) is 13.9. The number of pyridine rings is 1. The Hall–Kier alpha value is -2.50. The topological polar surface area (TPSA) is 45.2 Å². The van der Waals surface area contributed by atoms with Crippen LogP contribution in [0.3, 0.4) is 0 Å². The number of nitrogens with zero attached hydrogens (tertiary/aromatic N) is 2.